The van der Waals surface area contributed by atoms with Crippen molar-refractivity contribution < 1.29 is 9.53 Å². The van der Waals surface area contributed by atoms with E-state index >= 15 is 0 Å². The normalized spacial score (nSPS) is 14.8. The summed E-state index contributed by atoms with van der Waals surface area (Å²) < 4.78 is 6.15. The lowest BCUT2D eigenvalue weighted by Gasteiger charge is -2.31. The predicted octanol–water partition coefficient (Wildman–Crippen LogP) is 3.77. The van der Waals surface area contributed by atoms with Gasteiger partial charge in [0.1, 0.15) is 0 Å². The maximum Gasteiger partial charge on any atom is 0.263 e. The maximum absolute atomic E-state index is 13.2. The molecule has 2 aromatic carbocycles. The van der Waals surface area contributed by atoms with Gasteiger partial charge in [0, 0.05) is 37.0 Å². The minimum atomic E-state index is -0.673. The van der Waals surface area contributed by atoms with Crippen molar-refractivity contribution in [3.8, 4) is 17.1 Å². The lowest BCUT2D eigenvalue weighted by Crippen LogP contribution is -2.43. The number of hydrogen-bond donors (Lipinski definition) is 3. The lowest BCUT2D eigenvalue weighted by molar-refractivity contribution is -0.139. The molecule has 4 rings (SSSR count). The Labute approximate surface area is 200 Å². The lowest BCUT2D eigenvalue weighted by atomic mass is 9.99. The van der Waals surface area contributed by atoms with Gasteiger partial charge in [-0.1, -0.05) is 54.6 Å². The van der Waals surface area contributed by atoms with Crippen LogP contribution in [0, 0.1) is 0 Å². The minimum Gasteiger partial charge on any atom is -0.463 e. The van der Waals surface area contributed by atoms with Gasteiger partial charge in [-0.2, -0.15) is 12.6 Å². The molecule has 2 atom stereocenters. The largest absolute Gasteiger partial charge is 0.463 e. The molecular weight excluding hydrogens is 432 g/mol. The Morgan fingerprint density at radius 2 is 1.85 bits per heavy atom. The van der Waals surface area contributed by atoms with Gasteiger partial charge >= 0.3 is 0 Å². The number of thiol groups is 1. The average molecular weight is 463 g/mol. The number of pyridine rings is 1. The van der Waals surface area contributed by atoms with Crippen LogP contribution in [0.3, 0.4) is 0 Å². The molecule has 172 valence electrons. The Morgan fingerprint density at radius 1 is 1.12 bits per heavy atom. The molecule has 1 aliphatic heterocycles. The van der Waals surface area contributed by atoms with E-state index in [1.807, 2.05) is 59.5 Å². The molecule has 0 spiro atoms. The predicted molar refractivity (Wildman–Crippen MR) is 136 cm³/mol. The van der Waals surface area contributed by atoms with Crippen molar-refractivity contribution >= 4 is 24.2 Å². The summed E-state index contributed by atoms with van der Waals surface area (Å²) in [6, 6.07) is 21.9. The highest BCUT2D eigenvalue weighted by molar-refractivity contribution is 7.80. The van der Waals surface area contributed by atoms with E-state index in [2.05, 4.69) is 30.1 Å². The first kappa shape index (κ1) is 23.1. The van der Waals surface area contributed by atoms with Crippen molar-refractivity contribution in [1.82, 2.24) is 9.88 Å². The summed E-state index contributed by atoms with van der Waals surface area (Å²) in [7, 11) is 0. The number of carbonyl (C=O) groups excluding carboxylic acids is 1. The number of carbonyl (C=O) groups is 1. The van der Waals surface area contributed by atoms with Gasteiger partial charge < -0.3 is 20.7 Å². The molecule has 0 fully saturated rings. The summed E-state index contributed by atoms with van der Waals surface area (Å²) in [6.45, 7) is 3.59. The van der Waals surface area contributed by atoms with Gasteiger partial charge in [-0.25, -0.2) is 4.98 Å². The van der Waals surface area contributed by atoms with Crippen molar-refractivity contribution in [2.75, 3.05) is 24.2 Å². The number of nitrogens with zero attached hydrogens (tertiary/aromatic N) is 2. The third-order valence-corrected chi connectivity index (χ3v) is 6.27. The van der Waals surface area contributed by atoms with Crippen LogP contribution in [0.4, 0.5) is 5.69 Å². The number of amides is 1. The number of rotatable bonds is 8. The van der Waals surface area contributed by atoms with E-state index in [4.69, 9.17) is 15.5 Å². The highest BCUT2D eigenvalue weighted by Crippen LogP contribution is 2.28. The molecule has 3 aromatic rings. The van der Waals surface area contributed by atoms with E-state index in [1.54, 1.807) is 6.92 Å². The first-order chi connectivity index (χ1) is 16.0. The third kappa shape index (κ3) is 5.67. The van der Waals surface area contributed by atoms with Crippen LogP contribution >= 0.6 is 12.6 Å². The zero-order valence-electron chi connectivity index (χ0n) is 18.8. The number of hydrogen-bond acceptors (Lipinski definition) is 6. The third-order valence-electron chi connectivity index (χ3n) is 5.80. The molecule has 1 amide bonds. The molecule has 1 aromatic heterocycles. The fourth-order valence-electron chi connectivity index (χ4n) is 3.90. The number of fused-ring (bicyclic) bond motifs is 1. The molecule has 6 nitrogen and oxygen atoms in total. The van der Waals surface area contributed by atoms with Gasteiger partial charge in [-0.15, -0.1) is 0 Å². The summed E-state index contributed by atoms with van der Waals surface area (Å²) in [5.41, 5.74) is 11.0. The van der Waals surface area contributed by atoms with Crippen molar-refractivity contribution in [1.29, 1.82) is 0 Å². The number of aromatic nitrogens is 1. The van der Waals surface area contributed by atoms with E-state index in [0.29, 0.717) is 37.0 Å². The smallest absolute Gasteiger partial charge is 0.263 e. The first-order valence-electron chi connectivity index (χ1n) is 11.2. The molecule has 0 saturated carbocycles. The molecule has 33 heavy (non-hydrogen) atoms. The van der Waals surface area contributed by atoms with E-state index in [9.17, 15) is 4.79 Å². The minimum absolute atomic E-state index is 0.0468. The van der Waals surface area contributed by atoms with Crippen molar-refractivity contribution in [2.24, 2.45) is 5.73 Å². The van der Waals surface area contributed by atoms with Crippen molar-refractivity contribution in [3.05, 3.63) is 77.9 Å². The molecule has 2 unspecified atom stereocenters. The number of anilines is 1. The second kappa shape index (κ2) is 10.7. The van der Waals surface area contributed by atoms with Crippen LogP contribution in [0.2, 0.25) is 0 Å². The summed E-state index contributed by atoms with van der Waals surface area (Å²) in [5.74, 6) is 0.903. The Balaban J connectivity index is 1.53. The average Bonchev–Trinajstić information content (AvgIpc) is 2.87. The van der Waals surface area contributed by atoms with E-state index in [1.165, 1.54) is 11.1 Å². The quantitative estimate of drug-likeness (QED) is 0.444. The van der Waals surface area contributed by atoms with E-state index in [-0.39, 0.29) is 11.9 Å². The maximum atomic E-state index is 13.2. The van der Waals surface area contributed by atoms with Crippen LogP contribution in [0.1, 0.15) is 18.1 Å². The second-order valence-electron chi connectivity index (χ2n) is 8.28. The van der Waals surface area contributed by atoms with E-state index < -0.39 is 6.10 Å². The molecule has 0 radical (unpaired) electrons. The van der Waals surface area contributed by atoms with Crippen molar-refractivity contribution in [2.45, 2.75) is 32.0 Å². The molecule has 1 aliphatic rings. The van der Waals surface area contributed by atoms with Gasteiger partial charge in [0.15, 0.2) is 6.10 Å². The molecule has 0 aliphatic carbocycles. The van der Waals surface area contributed by atoms with Crippen LogP contribution < -0.4 is 15.8 Å². The zero-order chi connectivity index (χ0) is 23.2. The molecule has 0 bridgehead atoms. The summed E-state index contributed by atoms with van der Waals surface area (Å²) in [4.78, 5) is 19.8. The van der Waals surface area contributed by atoms with Crippen LogP contribution in [0.5, 0.6) is 5.88 Å². The Bertz CT molecular complexity index is 1090. The van der Waals surface area contributed by atoms with Crippen molar-refractivity contribution in [3.63, 3.8) is 0 Å². The van der Waals surface area contributed by atoms with Crippen LogP contribution in [-0.4, -0.2) is 46.8 Å². The Hall–Kier alpha value is -3.03. The van der Waals surface area contributed by atoms with Crippen LogP contribution in [0.15, 0.2) is 66.7 Å². The standard InChI is InChI=1S/C26H30N4O2S/c1-18(26(31)30-14-13-19-7-5-6-10-21(19)16-30)32-25-24(28-15-22(27)17-33)12-11-23(29-25)20-8-3-2-4-9-20/h2-12,18,22,28,33H,13-17,27H2,1H3. The van der Waals surface area contributed by atoms with Gasteiger partial charge in [0.05, 0.1) is 11.4 Å². The molecular formula is C26H30N4O2S. The molecule has 2 heterocycles. The van der Waals surface area contributed by atoms with Crippen LogP contribution in [0.25, 0.3) is 11.3 Å². The molecule has 7 heteroatoms. The van der Waals surface area contributed by atoms with Gasteiger partial charge in [-0.05, 0) is 36.6 Å². The summed E-state index contributed by atoms with van der Waals surface area (Å²) in [6.07, 6.45) is 0.179. The van der Waals surface area contributed by atoms with Crippen LogP contribution in [-0.2, 0) is 17.8 Å². The molecule has 3 N–H and O–H groups in total. The van der Waals surface area contributed by atoms with Gasteiger partial charge in [0.25, 0.3) is 5.91 Å². The van der Waals surface area contributed by atoms with Gasteiger partial charge in [0.2, 0.25) is 5.88 Å². The Kier molecular flexibility index (Phi) is 7.52. The highest BCUT2D eigenvalue weighted by atomic mass is 32.1. The summed E-state index contributed by atoms with van der Waals surface area (Å²) in [5, 5.41) is 3.29. The summed E-state index contributed by atoms with van der Waals surface area (Å²) >= 11 is 4.25. The fourth-order valence-corrected chi connectivity index (χ4v) is 4.03. The fraction of sp³-hybridized carbons (Fsp3) is 0.308. The SMILES string of the molecule is CC(Oc1nc(-c2ccccc2)ccc1NCC(N)CS)C(=O)N1CCc2ccccc2C1. The van der Waals surface area contributed by atoms with E-state index in [0.717, 1.165) is 17.7 Å². The first-order valence-corrected chi connectivity index (χ1v) is 11.9. The number of ether oxygens (including phenoxy) is 1. The van der Waals surface area contributed by atoms with Gasteiger partial charge in [-0.3, -0.25) is 4.79 Å². The zero-order valence-corrected chi connectivity index (χ0v) is 19.7. The number of benzene rings is 2. The Morgan fingerprint density at radius 3 is 2.61 bits per heavy atom. The number of nitrogens with one attached hydrogen (secondary N) is 1. The number of nitrogens with two attached hydrogens (primary N) is 1. The molecule has 0 saturated heterocycles. The monoisotopic (exact) mass is 462 g/mol. The second-order valence-corrected chi connectivity index (χ2v) is 8.64. The highest BCUT2D eigenvalue weighted by Gasteiger charge is 2.27. The topological polar surface area (TPSA) is 80.5 Å².